The third kappa shape index (κ3) is 4.41. The van der Waals surface area contributed by atoms with Gasteiger partial charge in [-0.1, -0.05) is 0 Å². The number of hydrogen-bond donors (Lipinski definition) is 1. The second-order valence-electron chi connectivity index (χ2n) is 5.47. The van der Waals surface area contributed by atoms with Crippen molar-refractivity contribution in [3.05, 3.63) is 54.4 Å². The number of tetrazole rings is 1. The maximum atomic E-state index is 12.4. The molecule has 10 heteroatoms. The second-order valence-corrected chi connectivity index (χ2v) is 5.47. The fraction of sp³-hybridized carbons (Fsp3) is 0.167. The standard InChI is InChI=1S/C18H17N5O5/c1-19-17(24)10-27-15-8-3-12(9-16(15)26-2)18(25)28-14-6-4-13(5-7-14)23-11-20-21-22-23/h3-9,11H,10H2,1-2H3,(H,19,24). The van der Waals surface area contributed by atoms with Crippen molar-refractivity contribution >= 4 is 11.9 Å². The van der Waals surface area contributed by atoms with Crippen LogP contribution in [0.4, 0.5) is 0 Å². The van der Waals surface area contributed by atoms with E-state index in [4.69, 9.17) is 14.2 Å². The van der Waals surface area contributed by atoms with Gasteiger partial charge in [0.2, 0.25) is 0 Å². The number of benzene rings is 2. The van der Waals surface area contributed by atoms with E-state index in [0.717, 1.165) is 5.69 Å². The highest BCUT2D eigenvalue weighted by Crippen LogP contribution is 2.28. The van der Waals surface area contributed by atoms with Crippen molar-refractivity contribution < 1.29 is 23.8 Å². The van der Waals surface area contributed by atoms with Gasteiger partial charge in [-0.25, -0.2) is 9.48 Å². The van der Waals surface area contributed by atoms with Gasteiger partial charge in [0.25, 0.3) is 5.91 Å². The highest BCUT2D eigenvalue weighted by Gasteiger charge is 2.14. The Labute approximate surface area is 160 Å². The normalized spacial score (nSPS) is 10.2. The van der Waals surface area contributed by atoms with Crippen LogP contribution < -0.4 is 19.5 Å². The molecule has 1 aromatic heterocycles. The molecular weight excluding hydrogens is 366 g/mol. The Balaban J connectivity index is 1.69. The van der Waals surface area contributed by atoms with Crippen LogP contribution in [0.1, 0.15) is 10.4 Å². The highest BCUT2D eigenvalue weighted by atomic mass is 16.5. The molecule has 0 saturated heterocycles. The summed E-state index contributed by atoms with van der Waals surface area (Å²) in [5, 5.41) is 13.4. The first-order valence-corrected chi connectivity index (χ1v) is 8.17. The number of ether oxygens (including phenoxy) is 3. The number of carbonyl (C=O) groups excluding carboxylic acids is 2. The summed E-state index contributed by atoms with van der Waals surface area (Å²) in [5.41, 5.74) is 0.998. The summed E-state index contributed by atoms with van der Waals surface area (Å²) in [7, 11) is 2.95. The number of nitrogens with zero attached hydrogens (tertiary/aromatic N) is 4. The summed E-state index contributed by atoms with van der Waals surface area (Å²) >= 11 is 0. The summed E-state index contributed by atoms with van der Waals surface area (Å²) < 4.78 is 17.4. The molecule has 0 aliphatic heterocycles. The zero-order valence-corrected chi connectivity index (χ0v) is 15.2. The molecule has 3 aromatic rings. The van der Waals surface area contributed by atoms with E-state index in [0.29, 0.717) is 17.2 Å². The maximum Gasteiger partial charge on any atom is 0.343 e. The number of rotatable bonds is 7. The fourth-order valence-electron chi connectivity index (χ4n) is 2.24. The lowest BCUT2D eigenvalue weighted by Crippen LogP contribution is -2.25. The highest BCUT2D eigenvalue weighted by molar-refractivity contribution is 5.92. The van der Waals surface area contributed by atoms with Crippen molar-refractivity contribution in [1.29, 1.82) is 0 Å². The molecule has 0 aliphatic carbocycles. The maximum absolute atomic E-state index is 12.4. The van der Waals surface area contributed by atoms with Gasteiger partial charge in [-0.3, -0.25) is 4.79 Å². The second kappa shape index (κ2) is 8.62. The number of aromatic nitrogens is 4. The lowest BCUT2D eigenvalue weighted by Gasteiger charge is -2.11. The van der Waals surface area contributed by atoms with Crippen LogP contribution in [0, 0.1) is 0 Å². The topological polar surface area (TPSA) is 117 Å². The Kier molecular flexibility index (Phi) is 5.80. The molecule has 1 N–H and O–H groups in total. The minimum absolute atomic E-state index is 0.162. The SMILES string of the molecule is CNC(=O)COc1ccc(C(=O)Oc2ccc(-n3cnnn3)cc2)cc1OC. The van der Waals surface area contributed by atoms with Gasteiger partial charge in [-0.05, 0) is 52.9 Å². The quantitative estimate of drug-likeness (QED) is 0.475. The number of hydrogen-bond acceptors (Lipinski definition) is 8. The van der Waals surface area contributed by atoms with E-state index in [1.165, 1.54) is 37.3 Å². The molecule has 0 spiro atoms. The molecule has 0 atom stereocenters. The first-order valence-electron chi connectivity index (χ1n) is 8.17. The van der Waals surface area contributed by atoms with E-state index in [9.17, 15) is 9.59 Å². The molecule has 144 valence electrons. The van der Waals surface area contributed by atoms with Gasteiger partial charge >= 0.3 is 5.97 Å². The Morgan fingerprint density at radius 1 is 1.11 bits per heavy atom. The van der Waals surface area contributed by atoms with E-state index in [-0.39, 0.29) is 18.1 Å². The number of amides is 1. The van der Waals surface area contributed by atoms with Crippen LogP contribution in [0.2, 0.25) is 0 Å². The number of carbonyl (C=O) groups is 2. The number of methoxy groups -OCH3 is 1. The molecule has 2 aromatic carbocycles. The Morgan fingerprint density at radius 2 is 1.89 bits per heavy atom. The largest absolute Gasteiger partial charge is 0.493 e. The molecule has 0 radical (unpaired) electrons. The van der Waals surface area contributed by atoms with Crippen LogP contribution in [-0.2, 0) is 4.79 Å². The Hall–Kier alpha value is -3.95. The number of esters is 1. The predicted molar refractivity (Wildman–Crippen MR) is 96.7 cm³/mol. The minimum Gasteiger partial charge on any atom is -0.493 e. The van der Waals surface area contributed by atoms with Crippen molar-refractivity contribution in [3.63, 3.8) is 0 Å². The number of nitrogens with one attached hydrogen (secondary N) is 1. The molecule has 0 fully saturated rings. The third-order valence-corrected chi connectivity index (χ3v) is 3.70. The molecule has 10 nitrogen and oxygen atoms in total. The Morgan fingerprint density at radius 3 is 2.54 bits per heavy atom. The van der Waals surface area contributed by atoms with Gasteiger partial charge in [0.15, 0.2) is 18.1 Å². The van der Waals surface area contributed by atoms with Crippen LogP contribution in [-0.4, -0.2) is 52.8 Å². The van der Waals surface area contributed by atoms with Gasteiger partial charge in [-0.2, -0.15) is 0 Å². The summed E-state index contributed by atoms with van der Waals surface area (Å²) in [6.07, 6.45) is 1.46. The smallest absolute Gasteiger partial charge is 0.343 e. The van der Waals surface area contributed by atoms with E-state index < -0.39 is 5.97 Å². The molecule has 1 amide bonds. The number of likely N-dealkylation sites (N-methyl/N-ethyl adjacent to an activating group) is 1. The van der Waals surface area contributed by atoms with Gasteiger partial charge in [-0.15, -0.1) is 5.10 Å². The van der Waals surface area contributed by atoms with E-state index in [2.05, 4.69) is 20.8 Å². The molecule has 28 heavy (non-hydrogen) atoms. The summed E-state index contributed by atoms with van der Waals surface area (Å²) in [6.45, 7) is -0.162. The van der Waals surface area contributed by atoms with Crippen LogP contribution >= 0.6 is 0 Å². The van der Waals surface area contributed by atoms with E-state index >= 15 is 0 Å². The predicted octanol–water partition coefficient (Wildman–Crippen LogP) is 1.01. The first kappa shape index (κ1) is 18.8. The molecule has 0 aliphatic rings. The lowest BCUT2D eigenvalue weighted by atomic mass is 10.2. The molecule has 0 bridgehead atoms. The van der Waals surface area contributed by atoms with Crippen molar-refractivity contribution in [2.45, 2.75) is 0 Å². The van der Waals surface area contributed by atoms with Crippen LogP contribution in [0.25, 0.3) is 5.69 Å². The third-order valence-electron chi connectivity index (χ3n) is 3.70. The van der Waals surface area contributed by atoms with Crippen LogP contribution in [0.3, 0.4) is 0 Å². The van der Waals surface area contributed by atoms with Crippen LogP contribution in [0.15, 0.2) is 48.8 Å². The van der Waals surface area contributed by atoms with Gasteiger partial charge in [0, 0.05) is 7.05 Å². The van der Waals surface area contributed by atoms with E-state index in [1.807, 2.05) is 0 Å². The molecule has 3 rings (SSSR count). The molecule has 0 saturated carbocycles. The van der Waals surface area contributed by atoms with Gasteiger partial charge < -0.3 is 19.5 Å². The van der Waals surface area contributed by atoms with Crippen molar-refractivity contribution in [2.24, 2.45) is 0 Å². The first-order chi connectivity index (χ1) is 13.6. The average molecular weight is 383 g/mol. The van der Waals surface area contributed by atoms with Crippen LogP contribution in [0.5, 0.6) is 17.2 Å². The Bertz CT molecular complexity index is 957. The van der Waals surface area contributed by atoms with Gasteiger partial charge in [0.05, 0.1) is 18.4 Å². The molecular formula is C18H17N5O5. The van der Waals surface area contributed by atoms with Gasteiger partial charge in [0.1, 0.15) is 12.1 Å². The molecule has 0 unspecified atom stereocenters. The summed E-state index contributed by atoms with van der Waals surface area (Å²) in [6, 6.07) is 11.3. The minimum atomic E-state index is -0.564. The summed E-state index contributed by atoms with van der Waals surface area (Å²) in [5.74, 6) is 0.170. The van der Waals surface area contributed by atoms with Crippen molar-refractivity contribution in [1.82, 2.24) is 25.5 Å². The average Bonchev–Trinajstić information content (AvgIpc) is 3.27. The molecule has 1 heterocycles. The zero-order chi connectivity index (χ0) is 19.9. The lowest BCUT2D eigenvalue weighted by molar-refractivity contribution is -0.122. The van der Waals surface area contributed by atoms with Crippen molar-refractivity contribution in [2.75, 3.05) is 20.8 Å². The summed E-state index contributed by atoms with van der Waals surface area (Å²) in [4.78, 5) is 23.7. The van der Waals surface area contributed by atoms with E-state index in [1.54, 1.807) is 30.3 Å². The monoisotopic (exact) mass is 383 g/mol. The fourth-order valence-corrected chi connectivity index (χ4v) is 2.24. The van der Waals surface area contributed by atoms with Crippen molar-refractivity contribution in [3.8, 4) is 22.9 Å². The zero-order valence-electron chi connectivity index (χ0n) is 15.2.